The van der Waals surface area contributed by atoms with E-state index < -0.39 is 6.10 Å². The number of rotatable bonds is 4. The Kier molecular flexibility index (Phi) is 4.70. The van der Waals surface area contributed by atoms with Gasteiger partial charge < -0.3 is 14.8 Å². The van der Waals surface area contributed by atoms with E-state index in [1.54, 1.807) is 31.2 Å². The molecule has 0 aliphatic carbocycles. The third kappa shape index (κ3) is 3.54. The van der Waals surface area contributed by atoms with E-state index >= 15 is 0 Å². The van der Waals surface area contributed by atoms with Crippen LogP contribution in [0.1, 0.15) is 28.0 Å². The number of hydrogen-bond donors (Lipinski definition) is 2. The second-order valence-electron chi connectivity index (χ2n) is 4.30. The molecule has 2 aromatic rings. The van der Waals surface area contributed by atoms with Crippen LogP contribution in [0.2, 0.25) is 10.0 Å². The molecule has 1 heterocycles. The highest BCUT2D eigenvalue weighted by Crippen LogP contribution is 2.22. The molecule has 0 aliphatic heterocycles. The van der Waals surface area contributed by atoms with Crippen LogP contribution in [0.25, 0.3) is 0 Å². The number of aryl methyl sites for hydroxylation is 1. The summed E-state index contributed by atoms with van der Waals surface area (Å²) in [5.41, 5.74) is 0.377. The molecule has 1 unspecified atom stereocenters. The van der Waals surface area contributed by atoms with Gasteiger partial charge >= 0.3 is 0 Å². The first-order valence-electron chi connectivity index (χ1n) is 5.95. The van der Waals surface area contributed by atoms with Crippen LogP contribution in [0.5, 0.6) is 0 Å². The molecular weight excluding hydrogens is 301 g/mol. The highest BCUT2D eigenvalue weighted by atomic mass is 35.5. The average Bonchev–Trinajstić information content (AvgIpc) is 2.85. The Bertz CT molecular complexity index is 625. The first kappa shape index (κ1) is 14.9. The molecule has 0 radical (unpaired) electrons. The lowest BCUT2D eigenvalue weighted by atomic mass is 10.2. The Labute approximate surface area is 126 Å². The molecule has 2 rings (SSSR count). The van der Waals surface area contributed by atoms with Crippen molar-refractivity contribution in [2.24, 2.45) is 0 Å². The van der Waals surface area contributed by atoms with Crippen LogP contribution in [-0.2, 0) is 0 Å². The van der Waals surface area contributed by atoms with E-state index in [1.807, 2.05) is 0 Å². The molecule has 1 atom stereocenters. The molecule has 2 N–H and O–H groups in total. The molecule has 1 aromatic heterocycles. The molecule has 106 valence electrons. The highest BCUT2D eigenvalue weighted by molar-refractivity contribution is 6.42. The summed E-state index contributed by atoms with van der Waals surface area (Å²) >= 11 is 11.6. The average molecular weight is 314 g/mol. The number of carbonyl (C=O) groups is 1. The van der Waals surface area contributed by atoms with Crippen molar-refractivity contribution < 1.29 is 14.3 Å². The van der Waals surface area contributed by atoms with Crippen LogP contribution in [0.3, 0.4) is 0 Å². The van der Waals surface area contributed by atoms with E-state index in [1.165, 1.54) is 6.07 Å². The van der Waals surface area contributed by atoms with Crippen molar-refractivity contribution in [2.45, 2.75) is 13.0 Å². The number of amides is 1. The zero-order chi connectivity index (χ0) is 14.7. The molecule has 0 spiro atoms. The van der Waals surface area contributed by atoms with Gasteiger partial charge in [0, 0.05) is 5.56 Å². The summed E-state index contributed by atoms with van der Waals surface area (Å²) in [6, 6.07) is 8.01. The molecule has 0 fully saturated rings. The number of aliphatic hydroxyl groups excluding tert-OH is 1. The number of halogens is 2. The first-order valence-corrected chi connectivity index (χ1v) is 6.70. The SMILES string of the molecule is Cc1ccc(C(O)CNC(=O)c2ccc(Cl)c(Cl)c2)o1. The summed E-state index contributed by atoms with van der Waals surface area (Å²) in [6.45, 7) is 1.83. The number of nitrogens with one attached hydrogen (secondary N) is 1. The zero-order valence-electron chi connectivity index (χ0n) is 10.7. The fourth-order valence-corrected chi connectivity index (χ4v) is 1.96. The number of hydrogen-bond acceptors (Lipinski definition) is 3. The lowest BCUT2D eigenvalue weighted by molar-refractivity contribution is 0.0900. The van der Waals surface area contributed by atoms with Gasteiger partial charge in [-0.3, -0.25) is 4.79 Å². The monoisotopic (exact) mass is 313 g/mol. The summed E-state index contributed by atoms with van der Waals surface area (Å²) in [6.07, 6.45) is -0.893. The Morgan fingerprint density at radius 3 is 2.65 bits per heavy atom. The van der Waals surface area contributed by atoms with E-state index in [0.717, 1.165) is 0 Å². The third-order valence-corrected chi connectivity index (χ3v) is 3.47. The normalized spacial score (nSPS) is 12.2. The third-order valence-electron chi connectivity index (χ3n) is 2.73. The van der Waals surface area contributed by atoms with Gasteiger partial charge in [0.2, 0.25) is 0 Å². The fourth-order valence-electron chi connectivity index (χ4n) is 1.66. The van der Waals surface area contributed by atoms with E-state index in [4.69, 9.17) is 27.6 Å². The lowest BCUT2D eigenvalue weighted by Gasteiger charge is -2.10. The summed E-state index contributed by atoms with van der Waals surface area (Å²) in [4.78, 5) is 11.9. The number of furan rings is 1. The minimum absolute atomic E-state index is 0.0477. The van der Waals surface area contributed by atoms with Gasteiger partial charge in [0.1, 0.15) is 17.6 Å². The maximum Gasteiger partial charge on any atom is 0.251 e. The van der Waals surface area contributed by atoms with Gasteiger partial charge in [0.25, 0.3) is 5.91 Å². The molecule has 20 heavy (non-hydrogen) atoms. The minimum Gasteiger partial charge on any atom is -0.464 e. The van der Waals surface area contributed by atoms with Crippen LogP contribution in [0.15, 0.2) is 34.7 Å². The van der Waals surface area contributed by atoms with E-state index in [9.17, 15) is 9.90 Å². The molecule has 0 saturated heterocycles. The second kappa shape index (κ2) is 6.31. The fraction of sp³-hybridized carbons (Fsp3) is 0.214. The molecule has 0 aliphatic rings. The van der Waals surface area contributed by atoms with Crippen molar-refractivity contribution in [3.63, 3.8) is 0 Å². The standard InChI is InChI=1S/C14H13Cl2NO3/c1-8-2-5-13(20-8)12(18)7-17-14(19)9-3-4-10(15)11(16)6-9/h2-6,12,18H,7H2,1H3,(H,17,19). The molecule has 0 saturated carbocycles. The summed E-state index contributed by atoms with van der Waals surface area (Å²) in [5.74, 6) is 0.776. The topological polar surface area (TPSA) is 62.5 Å². The van der Waals surface area contributed by atoms with Crippen LogP contribution < -0.4 is 5.32 Å². The molecule has 6 heteroatoms. The van der Waals surface area contributed by atoms with Gasteiger partial charge in [0.15, 0.2) is 0 Å². The Hall–Kier alpha value is -1.49. The summed E-state index contributed by atoms with van der Waals surface area (Å²) in [5, 5.41) is 13.2. The maximum atomic E-state index is 11.9. The maximum absolute atomic E-state index is 11.9. The quantitative estimate of drug-likeness (QED) is 0.909. The van der Waals surface area contributed by atoms with Gasteiger partial charge in [-0.1, -0.05) is 23.2 Å². The summed E-state index contributed by atoms with van der Waals surface area (Å²) in [7, 11) is 0. The number of aliphatic hydroxyl groups is 1. The molecule has 0 bridgehead atoms. The van der Waals surface area contributed by atoms with Crippen LogP contribution in [0.4, 0.5) is 0 Å². The van der Waals surface area contributed by atoms with Crippen molar-refractivity contribution >= 4 is 29.1 Å². The Balaban J connectivity index is 1.96. The van der Waals surface area contributed by atoms with Gasteiger partial charge in [0.05, 0.1) is 16.6 Å². The predicted octanol–water partition coefficient (Wildman–Crippen LogP) is 3.36. The molecular formula is C14H13Cl2NO3. The Morgan fingerprint density at radius 1 is 1.30 bits per heavy atom. The van der Waals surface area contributed by atoms with Crippen LogP contribution in [-0.4, -0.2) is 17.6 Å². The van der Waals surface area contributed by atoms with Crippen molar-refractivity contribution in [3.05, 3.63) is 57.5 Å². The smallest absolute Gasteiger partial charge is 0.251 e. The Morgan fingerprint density at radius 2 is 2.05 bits per heavy atom. The number of benzene rings is 1. The lowest BCUT2D eigenvalue weighted by Crippen LogP contribution is -2.28. The van der Waals surface area contributed by atoms with Crippen molar-refractivity contribution in [3.8, 4) is 0 Å². The van der Waals surface area contributed by atoms with E-state index in [2.05, 4.69) is 5.32 Å². The van der Waals surface area contributed by atoms with Gasteiger partial charge in [-0.2, -0.15) is 0 Å². The molecule has 1 aromatic carbocycles. The number of carbonyl (C=O) groups excluding carboxylic acids is 1. The van der Waals surface area contributed by atoms with E-state index in [-0.39, 0.29) is 12.5 Å². The van der Waals surface area contributed by atoms with Crippen molar-refractivity contribution in [2.75, 3.05) is 6.54 Å². The first-order chi connectivity index (χ1) is 9.47. The van der Waals surface area contributed by atoms with Gasteiger partial charge in [-0.15, -0.1) is 0 Å². The van der Waals surface area contributed by atoms with Crippen molar-refractivity contribution in [1.82, 2.24) is 5.32 Å². The van der Waals surface area contributed by atoms with Gasteiger partial charge in [-0.05, 0) is 37.3 Å². The van der Waals surface area contributed by atoms with Gasteiger partial charge in [-0.25, -0.2) is 0 Å². The van der Waals surface area contributed by atoms with Crippen LogP contribution >= 0.6 is 23.2 Å². The minimum atomic E-state index is -0.893. The molecule has 1 amide bonds. The second-order valence-corrected chi connectivity index (χ2v) is 5.12. The molecule has 4 nitrogen and oxygen atoms in total. The van der Waals surface area contributed by atoms with Crippen molar-refractivity contribution in [1.29, 1.82) is 0 Å². The largest absolute Gasteiger partial charge is 0.464 e. The van der Waals surface area contributed by atoms with E-state index in [0.29, 0.717) is 27.1 Å². The summed E-state index contributed by atoms with van der Waals surface area (Å²) < 4.78 is 5.28. The predicted molar refractivity (Wildman–Crippen MR) is 77.2 cm³/mol. The highest BCUT2D eigenvalue weighted by Gasteiger charge is 2.14. The zero-order valence-corrected chi connectivity index (χ0v) is 12.2. The van der Waals surface area contributed by atoms with Crippen LogP contribution in [0, 0.1) is 6.92 Å².